The largest absolute Gasteiger partial charge is 0.381 e. The van der Waals surface area contributed by atoms with Crippen molar-refractivity contribution in [3.8, 4) is 0 Å². The zero-order valence-corrected chi connectivity index (χ0v) is 11.4. The molecule has 0 unspecified atom stereocenters. The summed E-state index contributed by atoms with van der Waals surface area (Å²) in [5.74, 6) is 2.12. The molecule has 1 aliphatic heterocycles. The molecule has 1 saturated heterocycles. The second-order valence-corrected chi connectivity index (χ2v) is 5.89. The third-order valence-corrected chi connectivity index (χ3v) is 4.71. The first kappa shape index (κ1) is 13.1. The van der Waals surface area contributed by atoms with Gasteiger partial charge in [-0.25, -0.2) is 0 Å². The van der Waals surface area contributed by atoms with Gasteiger partial charge >= 0.3 is 0 Å². The van der Waals surface area contributed by atoms with E-state index in [-0.39, 0.29) is 5.41 Å². The number of ether oxygens (including phenoxy) is 1. The van der Waals surface area contributed by atoms with Crippen molar-refractivity contribution in [1.29, 1.82) is 0 Å². The monoisotopic (exact) mass is 265 g/mol. The molecule has 0 amide bonds. The number of nitrogens with zero attached hydrogens (tertiary/aromatic N) is 2. The Morgan fingerprint density at radius 3 is 2.58 bits per heavy atom. The van der Waals surface area contributed by atoms with Crippen LogP contribution in [0.4, 0.5) is 0 Å². The van der Waals surface area contributed by atoms with Crippen LogP contribution in [-0.2, 0) is 10.2 Å². The molecule has 2 aliphatic rings. The summed E-state index contributed by atoms with van der Waals surface area (Å²) in [6.45, 7) is 2.03. The summed E-state index contributed by atoms with van der Waals surface area (Å²) in [5.41, 5.74) is 5.82. The summed E-state index contributed by atoms with van der Waals surface area (Å²) in [6, 6.07) is 0. The average molecular weight is 265 g/mol. The predicted octanol–water partition coefficient (Wildman–Crippen LogP) is 2.12. The molecule has 19 heavy (non-hydrogen) atoms. The summed E-state index contributed by atoms with van der Waals surface area (Å²) in [5, 5.41) is 4.23. The molecule has 5 nitrogen and oxygen atoms in total. The number of nitrogens with two attached hydrogens (primary N) is 1. The van der Waals surface area contributed by atoms with Crippen LogP contribution in [0.3, 0.4) is 0 Å². The highest BCUT2D eigenvalue weighted by Crippen LogP contribution is 2.35. The molecule has 1 aromatic heterocycles. The Morgan fingerprint density at radius 2 is 1.89 bits per heavy atom. The smallest absolute Gasteiger partial charge is 0.234 e. The number of hydrogen-bond acceptors (Lipinski definition) is 5. The van der Waals surface area contributed by atoms with Crippen LogP contribution in [0.5, 0.6) is 0 Å². The third-order valence-electron chi connectivity index (χ3n) is 4.71. The molecule has 2 N–H and O–H groups in total. The number of hydrogen-bond donors (Lipinski definition) is 1. The molecular weight excluding hydrogens is 242 g/mol. The van der Waals surface area contributed by atoms with Crippen molar-refractivity contribution in [2.24, 2.45) is 5.73 Å². The Kier molecular flexibility index (Phi) is 3.84. The Morgan fingerprint density at radius 1 is 1.16 bits per heavy atom. The molecule has 0 atom stereocenters. The van der Waals surface area contributed by atoms with Crippen molar-refractivity contribution in [2.45, 2.75) is 56.3 Å². The molecule has 5 heteroatoms. The van der Waals surface area contributed by atoms with Gasteiger partial charge in [-0.05, 0) is 25.7 Å². The first-order valence-corrected chi connectivity index (χ1v) is 7.46. The molecule has 0 bridgehead atoms. The maximum atomic E-state index is 5.97. The third kappa shape index (κ3) is 2.54. The first-order valence-electron chi connectivity index (χ1n) is 7.46. The van der Waals surface area contributed by atoms with Crippen LogP contribution >= 0.6 is 0 Å². The van der Waals surface area contributed by atoms with Gasteiger partial charge in [0.15, 0.2) is 5.82 Å². The molecule has 0 aromatic carbocycles. The van der Waals surface area contributed by atoms with Gasteiger partial charge in [-0.2, -0.15) is 4.98 Å². The Hall–Kier alpha value is -0.940. The molecule has 2 fully saturated rings. The summed E-state index contributed by atoms with van der Waals surface area (Å²) < 4.78 is 11.0. The van der Waals surface area contributed by atoms with E-state index in [1.54, 1.807) is 0 Å². The first-order chi connectivity index (χ1) is 9.34. The minimum atomic E-state index is -0.155. The highest BCUT2D eigenvalue weighted by Gasteiger charge is 2.39. The fourth-order valence-electron chi connectivity index (χ4n) is 3.24. The zero-order valence-electron chi connectivity index (χ0n) is 11.4. The van der Waals surface area contributed by atoms with Gasteiger partial charge in [0.1, 0.15) is 0 Å². The molecule has 0 radical (unpaired) electrons. The van der Waals surface area contributed by atoms with Crippen LogP contribution in [0, 0.1) is 0 Å². The van der Waals surface area contributed by atoms with Gasteiger partial charge in [0.25, 0.3) is 0 Å². The van der Waals surface area contributed by atoms with Crippen molar-refractivity contribution in [3.63, 3.8) is 0 Å². The van der Waals surface area contributed by atoms with Crippen LogP contribution in [0.2, 0.25) is 0 Å². The number of rotatable bonds is 3. The summed E-state index contributed by atoms with van der Waals surface area (Å²) in [7, 11) is 0. The van der Waals surface area contributed by atoms with E-state index < -0.39 is 0 Å². The number of aromatic nitrogens is 2. The average Bonchev–Trinajstić information content (AvgIpc) is 2.99. The van der Waals surface area contributed by atoms with Gasteiger partial charge in [-0.1, -0.05) is 24.4 Å². The highest BCUT2D eigenvalue weighted by molar-refractivity contribution is 5.09. The Labute approximate surface area is 113 Å². The molecule has 2 heterocycles. The van der Waals surface area contributed by atoms with E-state index >= 15 is 0 Å². The van der Waals surface area contributed by atoms with Gasteiger partial charge in [0, 0.05) is 25.7 Å². The fraction of sp³-hybridized carbons (Fsp3) is 0.857. The van der Waals surface area contributed by atoms with Crippen molar-refractivity contribution >= 4 is 0 Å². The SMILES string of the molecule is NCC1(c2nc(C3CCCCC3)no2)CCOCC1. The lowest BCUT2D eigenvalue weighted by molar-refractivity contribution is 0.0409. The topological polar surface area (TPSA) is 74.2 Å². The second-order valence-electron chi connectivity index (χ2n) is 5.89. The van der Waals surface area contributed by atoms with E-state index in [4.69, 9.17) is 15.0 Å². The second kappa shape index (κ2) is 5.59. The van der Waals surface area contributed by atoms with E-state index in [1.807, 2.05) is 0 Å². The molecule has 106 valence electrons. The summed E-state index contributed by atoms with van der Waals surface area (Å²) in [6.07, 6.45) is 8.06. The summed E-state index contributed by atoms with van der Waals surface area (Å²) in [4.78, 5) is 4.69. The van der Waals surface area contributed by atoms with Gasteiger partial charge in [-0.3, -0.25) is 0 Å². The van der Waals surface area contributed by atoms with Crippen molar-refractivity contribution in [1.82, 2.24) is 10.1 Å². The van der Waals surface area contributed by atoms with Gasteiger partial charge in [0.2, 0.25) is 5.89 Å². The van der Waals surface area contributed by atoms with Crippen molar-refractivity contribution in [3.05, 3.63) is 11.7 Å². The van der Waals surface area contributed by atoms with E-state index in [9.17, 15) is 0 Å². The zero-order chi connectivity index (χ0) is 13.1. The lowest BCUT2D eigenvalue weighted by Crippen LogP contribution is -2.41. The Bertz CT molecular complexity index is 407. The molecule has 3 rings (SSSR count). The van der Waals surface area contributed by atoms with E-state index in [0.29, 0.717) is 12.5 Å². The highest BCUT2D eigenvalue weighted by atomic mass is 16.5. The lowest BCUT2D eigenvalue weighted by atomic mass is 9.80. The van der Waals surface area contributed by atoms with Crippen LogP contribution in [-0.4, -0.2) is 29.9 Å². The van der Waals surface area contributed by atoms with Gasteiger partial charge in [0.05, 0.1) is 5.41 Å². The molecule has 1 aromatic rings. The Balaban J connectivity index is 1.79. The van der Waals surface area contributed by atoms with Gasteiger partial charge in [-0.15, -0.1) is 0 Å². The predicted molar refractivity (Wildman–Crippen MR) is 70.9 cm³/mol. The van der Waals surface area contributed by atoms with E-state index in [0.717, 1.165) is 37.8 Å². The normalized spacial score (nSPS) is 24.5. The van der Waals surface area contributed by atoms with Crippen LogP contribution in [0.25, 0.3) is 0 Å². The molecule has 1 aliphatic carbocycles. The van der Waals surface area contributed by atoms with Crippen molar-refractivity contribution in [2.75, 3.05) is 19.8 Å². The van der Waals surface area contributed by atoms with E-state index in [2.05, 4.69) is 10.1 Å². The minimum Gasteiger partial charge on any atom is -0.381 e. The maximum Gasteiger partial charge on any atom is 0.234 e. The quantitative estimate of drug-likeness (QED) is 0.906. The molecule has 1 saturated carbocycles. The van der Waals surface area contributed by atoms with Crippen LogP contribution in [0.15, 0.2) is 4.52 Å². The fourth-order valence-corrected chi connectivity index (χ4v) is 3.24. The van der Waals surface area contributed by atoms with Crippen LogP contribution < -0.4 is 5.73 Å². The van der Waals surface area contributed by atoms with Crippen LogP contribution in [0.1, 0.15) is 62.6 Å². The van der Waals surface area contributed by atoms with Gasteiger partial charge < -0.3 is 15.0 Å². The van der Waals surface area contributed by atoms with Crippen molar-refractivity contribution < 1.29 is 9.26 Å². The molecular formula is C14H23N3O2. The maximum absolute atomic E-state index is 5.97. The lowest BCUT2D eigenvalue weighted by Gasteiger charge is -2.32. The molecule has 0 spiro atoms. The summed E-state index contributed by atoms with van der Waals surface area (Å²) >= 11 is 0. The standard InChI is InChI=1S/C14H23N3O2/c15-10-14(6-8-18-9-7-14)13-16-12(17-19-13)11-4-2-1-3-5-11/h11H,1-10,15H2. The minimum absolute atomic E-state index is 0.155. The van der Waals surface area contributed by atoms with E-state index in [1.165, 1.54) is 32.1 Å².